The summed E-state index contributed by atoms with van der Waals surface area (Å²) < 4.78 is 52.7. The maximum Gasteiger partial charge on any atom is 0.199 e. The van der Waals surface area contributed by atoms with E-state index in [1.807, 2.05) is 0 Å². The average Bonchev–Trinajstić information content (AvgIpc) is 2.54. The molecule has 0 fully saturated rings. The van der Waals surface area contributed by atoms with E-state index in [-0.39, 0.29) is 29.3 Å². The van der Waals surface area contributed by atoms with Gasteiger partial charge in [0.05, 0.1) is 11.4 Å². The predicted octanol–water partition coefficient (Wildman–Crippen LogP) is 3.88. The van der Waals surface area contributed by atoms with Crippen molar-refractivity contribution in [3.05, 3.63) is 84.0 Å². The Hall–Kier alpha value is -2.84. The molecule has 0 spiro atoms. The third-order valence-electron chi connectivity index (χ3n) is 3.02. The molecule has 2 N–H and O–H groups in total. The quantitative estimate of drug-likeness (QED) is 0.327. The first-order valence-electron chi connectivity index (χ1n) is 6.92. The molecule has 0 aliphatic rings. The van der Waals surface area contributed by atoms with Gasteiger partial charge in [-0.2, -0.15) is 0 Å². The minimum absolute atomic E-state index is 0.0205. The van der Waals surface area contributed by atoms with Crippen LogP contribution in [0.4, 0.5) is 17.6 Å². The Morgan fingerprint density at radius 3 is 1.52 bits per heavy atom. The number of benzene rings is 2. The van der Waals surface area contributed by atoms with Crippen LogP contribution in [-0.2, 0) is 9.68 Å². The van der Waals surface area contributed by atoms with Crippen LogP contribution in [-0.4, -0.2) is 6.79 Å². The summed E-state index contributed by atoms with van der Waals surface area (Å²) in [5, 5.41) is 0. The van der Waals surface area contributed by atoms with Gasteiger partial charge in [-0.3, -0.25) is 11.0 Å². The van der Waals surface area contributed by atoms with Crippen molar-refractivity contribution in [2.75, 3.05) is 6.79 Å². The third-order valence-corrected chi connectivity index (χ3v) is 3.02. The molecule has 0 aromatic heterocycles. The van der Waals surface area contributed by atoms with Crippen LogP contribution in [0.25, 0.3) is 11.4 Å². The van der Waals surface area contributed by atoms with E-state index in [0.717, 1.165) is 12.1 Å². The summed E-state index contributed by atoms with van der Waals surface area (Å²) in [5.41, 5.74) is 4.77. The molecule has 132 valence electrons. The molecule has 0 bridgehead atoms. The van der Waals surface area contributed by atoms with Crippen LogP contribution in [0.15, 0.2) is 49.6 Å². The molecule has 0 aliphatic heterocycles. The lowest BCUT2D eigenvalue weighted by molar-refractivity contribution is -0.107. The maximum atomic E-state index is 13.5. The number of hydrogen-bond acceptors (Lipinski definition) is 4. The van der Waals surface area contributed by atoms with Gasteiger partial charge in [-0.25, -0.2) is 27.2 Å². The summed E-state index contributed by atoms with van der Waals surface area (Å²) in [4.78, 5) is 9.76. The lowest BCUT2D eigenvalue weighted by Crippen LogP contribution is -2.21. The number of hydrogen-bond donors (Lipinski definition) is 2. The SMILES string of the molecule is C=C(NOCONC(=C)c1ccc(F)cc1F)c1ccc(F)cc1F. The highest BCUT2D eigenvalue weighted by Gasteiger charge is 2.09. The van der Waals surface area contributed by atoms with E-state index < -0.39 is 23.3 Å². The van der Waals surface area contributed by atoms with E-state index in [0.29, 0.717) is 12.1 Å². The fourth-order valence-corrected chi connectivity index (χ4v) is 1.84. The Kier molecular flexibility index (Phi) is 6.15. The van der Waals surface area contributed by atoms with Crippen LogP contribution in [0.2, 0.25) is 0 Å². The van der Waals surface area contributed by atoms with Crippen molar-refractivity contribution in [1.29, 1.82) is 0 Å². The molecule has 25 heavy (non-hydrogen) atoms. The number of hydroxylamine groups is 2. The molecule has 0 amide bonds. The second kappa shape index (κ2) is 8.32. The van der Waals surface area contributed by atoms with Crippen molar-refractivity contribution in [3.8, 4) is 0 Å². The molecule has 0 unspecified atom stereocenters. The summed E-state index contributed by atoms with van der Waals surface area (Å²) in [6.07, 6.45) is 0. The van der Waals surface area contributed by atoms with Gasteiger partial charge in [0.15, 0.2) is 6.79 Å². The normalized spacial score (nSPS) is 10.4. The Labute approximate surface area is 141 Å². The van der Waals surface area contributed by atoms with Gasteiger partial charge in [0.1, 0.15) is 23.3 Å². The lowest BCUT2D eigenvalue weighted by Gasteiger charge is -2.13. The van der Waals surface area contributed by atoms with E-state index in [2.05, 4.69) is 24.1 Å². The molecule has 0 radical (unpaired) electrons. The number of halogens is 4. The zero-order valence-corrected chi connectivity index (χ0v) is 12.9. The highest BCUT2D eigenvalue weighted by Crippen LogP contribution is 2.16. The first-order valence-corrected chi connectivity index (χ1v) is 6.92. The summed E-state index contributed by atoms with van der Waals surface area (Å²) in [7, 11) is 0. The van der Waals surface area contributed by atoms with Gasteiger partial charge < -0.3 is 0 Å². The van der Waals surface area contributed by atoms with Crippen molar-refractivity contribution in [3.63, 3.8) is 0 Å². The van der Waals surface area contributed by atoms with Gasteiger partial charge in [-0.1, -0.05) is 13.2 Å². The molecule has 4 nitrogen and oxygen atoms in total. The molecule has 8 heteroatoms. The third kappa shape index (κ3) is 5.07. The zero-order chi connectivity index (χ0) is 18.4. The van der Waals surface area contributed by atoms with Crippen LogP contribution in [0.1, 0.15) is 11.1 Å². The van der Waals surface area contributed by atoms with Crippen molar-refractivity contribution < 1.29 is 27.2 Å². The van der Waals surface area contributed by atoms with Gasteiger partial charge in [0.2, 0.25) is 0 Å². The Morgan fingerprint density at radius 2 is 1.16 bits per heavy atom. The molecule has 2 aromatic rings. The minimum Gasteiger partial charge on any atom is -0.264 e. The summed E-state index contributed by atoms with van der Waals surface area (Å²) in [6.45, 7) is 6.69. The predicted molar refractivity (Wildman–Crippen MR) is 84.1 cm³/mol. The second-order valence-corrected chi connectivity index (χ2v) is 4.82. The smallest absolute Gasteiger partial charge is 0.199 e. The molecular weight excluding hydrogens is 340 g/mol. The van der Waals surface area contributed by atoms with Crippen LogP contribution in [0.5, 0.6) is 0 Å². The topological polar surface area (TPSA) is 42.5 Å². The minimum atomic E-state index is -0.805. The first-order chi connectivity index (χ1) is 11.9. The average molecular weight is 354 g/mol. The highest BCUT2D eigenvalue weighted by atomic mass is 19.1. The molecule has 0 atom stereocenters. The van der Waals surface area contributed by atoms with Crippen LogP contribution in [0.3, 0.4) is 0 Å². The largest absolute Gasteiger partial charge is 0.264 e. The molecule has 2 aromatic carbocycles. The molecule has 0 saturated heterocycles. The van der Waals surface area contributed by atoms with Crippen molar-refractivity contribution >= 4 is 11.4 Å². The molecule has 2 rings (SSSR count). The van der Waals surface area contributed by atoms with E-state index >= 15 is 0 Å². The first kappa shape index (κ1) is 18.5. The fourth-order valence-electron chi connectivity index (χ4n) is 1.84. The van der Waals surface area contributed by atoms with Gasteiger partial charge in [0.25, 0.3) is 0 Å². The van der Waals surface area contributed by atoms with Crippen LogP contribution in [0, 0.1) is 23.3 Å². The van der Waals surface area contributed by atoms with E-state index in [9.17, 15) is 17.6 Å². The standard InChI is InChI=1S/C17H14F4N2O2/c1-10(14-5-3-12(18)7-16(14)20)22-24-9-25-23-11(2)15-6-4-13(19)8-17(15)21/h3-8,22-23H,1-2,9H2. The van der Waals surface area contributed by atoms with E-state index in [4.69, 9.17) is 9.68 Å². The van der Waals surface area contributed by atoms with Crippen LogP contribution < -0.4 is 11.0 Å². The molecular formula is C17H14F4N2O2. The fraction of sp³-hybridized carbons (Fsp3) is 0.0588. The zero-order valence-electron chi connectivity index (χ0n) is 12.9. The Balaban J connectivity index is 1.76. The van der Waals surface area contributed by atoms with Crippen molar-refractivity contribution in [2.45, 2.75) is 0 Å². The van der Waals surface area contributed by atoms with E-state index in [1.54, 1.807) is 0 Å². The number of nitrogens with one attached hydrogen (secondary N) is 2. The maximum absolute atomic E-state index is 13.5. The van der Waals surface area contributed by atoms with Crippen LogP contribution >= 0.6 is 0 Å². The second-order valence-electron chi connectivity index (χ2n) is 4.82. The van der Waals surface area contributed by atoms with Crippen molar-refractivity contribution in [2.24, 2.45) is 0 Å². The highest BCUT2D eigenvalue weighted by molar-refractivity contribution is 5.61. The monoisotopic (exact) mass is 354 g/mol. The molecule has 0 heterocycles. The number of rotatable bonds is 8. The van der Waals surface area contributed by atoms with Gasteiger partial charge in [-0.05, 0) is 24.3 Å². The van der Waals surface area contributed by atoms with Gasteiger partial charge in [-0.15, -0.1) is 0 Å². The van der Waals surface area contributed by atoms with Crippen molar-refractivity contribution in [1.82, 2.24) is 11.0 Å². The molecule has 0 saturated carbocycles. The van der Waals surface area contributed by atoms with E-state index in [1.165, 1.54) is 12.1 Å². The Morgan fingerprint density at radius 1 is 0.760 bits per heavy atom. The summed E-state index contributed by atoms with van der Waals surface area (Å²) >= 11 is 0. The van der Waals surface area contributed by atoms with Gasteiger partial charge in [0, 0.05) is 23.3 Å². The Bertz CT molecular complexity index is 731. The summed E-state index contributed by atoms with van der Waals surface area (Å²) in [6, 6.07) is 5.96. The molecule has 0 aliphatic carbocycles. The lowest BCUT2D eigenvalue weighted by atomic mass is 10.1. The van der Waals surface area contributed by atoms with Gasteiger partial charge >= 0.3 is 0 Å². The summed E-state index contributed by atoms with van der Waals surface area (Å²) in [5.74, 6) is -3.04.